The molecule has 2 heteroatoms. The Morgan fingerprint density at radius 3 is 2.67 bits per heavy atom. The number of nitrogens with two attached hydrogens (primary N) is 2. The van der Waals surface area contributed by atoms with E-state index in [0.29, 0.717) is 12.5 Å². The molecule has 0 fully saturated rings. The lowest BCUT2D eigenvalue weighted by Crippen LogP contribution is -2.20. The van der Waals surface area contributed by atoms with E-state index in [2.05, 4.69) is 18.2 Å². The van der Waals surface area contributed by atoms with Gasteiger partial charge in [-0.2, -0.15) is 0 Å². The molecule has 0 heterocycles. The van der Waals surface area contributed by atoms with Crippen molar-refractivity contribution in [3.8, 4) is 0 Å². The minimum atomic E-state index is 0.478. The van der Waals surface area contributed by atoms with Crippen molar-refractivity contribution in [2.45, 2.75) is 19.3 Å². The van der Waals surface area contributed by atoms with Crippen LogP contribution in [0.5, 0.6) is 0 Å². The molecule has 0 aromatic rings. The van der Waals surface area contributed by atoms with E-state index in [9.17, 15) is 0 Å². The van der Waals surface area contributed by atoms with Crippen LogP contribution in [0.3, 0.4) is 0 Å². The number of hydrogen-bond acceptors (Lipinski definition) is 2. The predicted molar refractivity (Wildman–Crippen MR) is 52.7 cm³/mol. The maximum atomic E-state index is 5.66. The van der Waals surface area contributed by atoms with E-state index in [0.717, 1.165) is 19.4 Å². The van der Waals surface area contributed by atoms with Gasteiger partial charge in [0.1, 0.15) is 0 Å². The van der Waals surface area contributed by atoms with Crippen LogP contribution in [0.2, 0.25) is 0 Å². The topological polar surface area (TPSA) is 52.0 Å². The SMILES string of the molecule is NCCC(CN)C1=CCCC=C1. The Morgan fingerprint density at radius 2 is 2.17 bits per heavy atom. The normalized spacial score (nSPS) is 19.0. The fourth-order valence-corrected chi connectivity index (χ4v) is 1.56. The lowest BCUT2D eigenvalue weighted by atomic mass is 9.91. The third-order valence-corrected chi connectivity index (χ3v) is 2.29. The first-order valence-corrected chi connectivity index (χ1v) is 4.65. The highest BCUT2D eigenvalue weighted by atomic mass is 14.6. The third-order valence-electron chi connectivity index (χ3n) is 2.29. The highest BCUT2D eigenvalue weighted by Crippen LogP contribution is 2.19. The van der Waals surface area contributed by atoms with Crippen LogP contribution in [-0.4, -0.2) is 13.1 Å². The van der Waals surface area contributed by atoms with Crippen molar-refractivity contribution in [1.29, 1.82) is 0 Å². The van der Waals surface area contributed by atoms with Crippen LogP contribution in [0, 0.1) is 5.92 Å². The minimum absolute atomic E-state index is 0.478. The summed E-state index contributed by atoms with van der Waals surface area (Å²) >= 11 is 0. The van der Waals surface area contributed by atoms with E-state index >= 15 is 0 Å². The molecule has 0 saturated heterocycles. The van der Waals surface area contributed by atoms with Crippen LogP contribution in [0.15, 0.2) is 23.8 Å². The first-order valence-electron chi connectivity index (χ1n) is 4.65. The van der Waals surface area contributed by atoms with Gasteiger partial charge >= 0.3 is 0 Å². The summed E-state index contributed by atoms with van der Waals surface area (Å²) in [6.45, 7) is 1.44. The van der Waals surface area contributed by atoms with Crippen molar-refractivity contribution >= 4 is 0 Å². The van der Waals surface area contributed by atoms with Crippen molar-refractivity contribution in [3.05, 3.63) is 23.8 Å². The largest absolute Gasteiger partial charge is 0.330 e. The fraction of sp³-hybridized carbons (Fsp3) is 0.600. The summed E-state index contributed by atoms with van der Waals surface area (Å²) in [6, 6.07) is 0. The fourth-order valence-electron chi connectivity index (χ4n) is 1.56. The second kappa shape index (κ2) is 5.12. The van der Waals surface area contributed by atoms with E-state index in [4.69, 9.17) is 11.5 Å². The van der Waals surface area contributed by atoms with E-state index in [1.165, 1.54) is 12.0 Å². The van der Waals surface area contributed by atoms with E-state index < -0.39 is 0 Å². The molecule has 0 aromatic heterocycles. The van der Waals surface area contributed by atoms with E-state index in [1.807, 2.05) is 0 Å². The Hall–Kier alpha value is -0.600. The Kier molecular flexibility index (Phi) is 4.05. The molecular formula is C10H18N2. The zero-order valence-corrected chi connectivity index (χ0v) is 7.50. The first-order chi connectivity index (χ1) is 5.88. The van der Waals surface area contributed by atoms with Gasteiger partial charge in [0.25, 0.3) is 0 Å². The van der Waals surface area contributed by atoms with Gasteiger partial charge in [-0.25, -0.2) is 0 Å². The van der Waals surface area contributed by atoms with Crippen LogP contribution >= 0.6 is 0 Å². The van der Waals surface area contributed by atoms with Crippen molar-refractivity contribution in [1.82, 2.24) is 0 Å². The van der Waals surface area contributed by atoms with Crippen LogP contribution in [-0.2, 0) is 0 Å². The number of rotatable bonds is 4. The Bertz CT molecular complexity index is 182. The lowest BCUT2D eigenvalue weighted by Gasteiger charge is -2.17. The number of allylic oxidation sites excluding steroid dienone is 3. The molecule has 0 aromatic carbocycles. The van der Waals surface area contributed by atoms with Crippen molar-refractivity contribution in [2.75, 3.05) is 13.1 Å². The summed E-state index contributed by atoms with van der Waals surface area (Å²) in [4.78, 5) is 0. The lowest BCUT2D eigenvalue weighted by molar-refractivity contribution is 0.585. The quantitative estimate of drug-likeness (QED) is 0.659. The smallest absolute Gasteiger partial charge is 0.000788 e. The Labute approximate surface area is 74.3 Å². The van der Waals surface area contributed by atoms with Gasteiger partial charge in [-0.3, -0.25) is 0 Å². The molecule has 1 rings (SSSR count). The standard InChI is InChI=1S/C10H18N2/c11-7-6-10(8-12)9-4-2-1-3-5-9/h2,4-5,10H,1,3,6-8,11-12H2. The molecule has 1 atom stereocenters. The van der Waals surface area contributed by atoms with Crippen molar-refractivity contribution in [2.24, 2.45) is 17.4 Å². The zero-order valence-electron chi connectivity index (χ0n) is 7.50. The molecule has 0 bridgehead atoms. The molecule has 0 aliphatic heterocycles. The highest BCUT2D eigenvalue weighted by Gasteiger charge is 2.10. The van der Waals surface area contributed by atoms with E-state index in [-0.39, 0.29) is 0 Å². The van der Waals surface area contributed by atoms with Gasteiger partial charge in [-0.1, -0.05) is 18.2 Å². The summed E-state index contributed by atoms with van der Waals surface area (Å²) in [7, 11) is 0. The Morgan fingerprint density at radius 1 is 1.33 bits per heavy atom. The predicted octanol–water partition coefficient (Wildman–Crippen LogP) is 1.19. The Balaban J connectivity index is 2.52. The summed E-state index contributed by atoms with van der Waals surface area (Å²) in [6.07, 6.45) is 10.0. The molecule has 2 nitrogen and oxygen atoms in total. The molecule has 0 saturated carbocycles. The van der Waals surface area contributed by atoms with Gasteiger partial charge < -0.3 is 11.5 Å². The molecule has 0 spiro atoms. The maximum absolute atomic E-state index is 5.66. The average Bonchev–Trinajstić information content (AvgIpc) is 2.15. The van der Waals surface area contributed by atoms with Gasteiger partial charge in [0.2, 0.25) is 0 Å². The average molecular weight is 166 g/mol. The molecule has 1 aliphatic carbocycles. The zero-order chi connectivity index (χ0) is 8.81. The summed E-state index contributed by atoms with van der Waals surface area (Å²) in [5.41, 5.74) is 12.5. The summed E-state index contributed by atoms with van der Waals surface area (Å²) in [5.74, 6) is 0.478. The van der Waals surface area contributed by atoms with Crippen LogP contribution in [0.4, 0.5) is 0 Å². The number of hydrogen-bond donors (Lipinski definition) is 2. The van der Waals surface area contributed by atoms with Crippen LogP contribution in [0.1, 0.15) is 19.3 Å². The third kappa shape index (κ3) is 2.47. The maximum Gasteiger partial charge on any atom is -0.000788 e. The van der Waals surface area contributed by atoms with Gasteiger partial charge in [0.15, 0.2) is 0 Å². The molecule has 68 valence electrons. The van der Waals surface area contributed by atoms with Crippen molar-refractivity contribution < 1.29 is 0 Å². The molecule has 1 unspecified atom stereocenters. The van der Waals surface area contributed by atoms with Gasteiger partial charge in [-0.15, -0.1) is 0 Å². The second-order valence-electron chi connectivity index (χ2n) is 3.19. The molecule has 4 N–H and O–H groups in total. The molecule has 1 aliphatic rings. The van der Waals surface area contributed by atoms with Crippen molar-refractivity contribution in [3.63, 3.8) is 0 Å². The summed E-state index contributed by atoms with van der Waals surface area (Å²) in [5, 5.41) is 0. The molecular weight excluding hydrogens is 148 g/mol. The molecule has 0 amide bonds. The van der Waals surface area contributed by atoms with Gasteiger partial charge in [0, 0.05) is 0 Å². The summed E-state index contributed by atoms with van der Waals surface area (Å²) < 4.78 is 0. The second-order valence-corrected chi connectivity index (χ2v) is 3.19. The van der Waals surface area contributed by atoms with Crippen LogP contribution in [0.25, 0.3) is 0 Å². The molecule has 12 heavy (non-hydrogen) atoms. The monoisotopic (exact) mass is 166 g/mol. The highest BCUT2D eigenvalue weighted by molar-refractivity contribution is 5.25. The minimum Gasteiger partial charge on any atom is -0.330 e. The molecule has 0 radical (unpaired) electrons. The first kappa shape index (κ1) is 9.49. The van der Waals surface area contributed by atoms with Gasteiger partial charge in [0.05, 0.1) is 0 Å². The van der Waals surface area contributed by atoms with Crippen LogP contribution < -0.4 is 11.5 Å². The van der Waals surface area contributed by atoms with E-state index in [1.54, 1.807) is 0 Å². The van der Waals surface area contributed by atoms with Gasteiger partial charge in [-0.05, 0) is 43.8 Å².